The maximum Gasteiger partial charge on any atom is 0.147 e. The second-order valence-corrected chi connectivity index (χ2v) is 6.15. The van der Waals surface area contributed by atoms with Crippen LogP contribution in [-0.4, -0.2) is 16.3 Å². The molecular formula is C15H28N4. The lowest BCUT2D eigenvalue weighted by molar-refractivity contribution is 0.345. The van der Waals surface area contributed by atoms with Crippen molar-refractivity contribution in [2.75, 3.05) is 17.6 Å². The number of nitrogens with one attached hydrogen (secondary N) is 1. The topological polar surface area (TPSA) is 55.9 Å². The molecule has 1 aliphatic carbocycles. The van der Waals surface area contributed by atoms with Gasteiger partial charge in [-0.1, -0.05) is 46.0 Å². The molecule has 0 saturated heterocycles. The van der Waals surface area contributed by atoms with Gasteiger partial charge in [0, 0.05) is 13.6 Å². The molecule has 1 heterocycles. The Bertz CT molecular complexity index is 403. The third kappa shape index (κ3) is 3.43. The maximum atomic E-state index is 6.18. The van der Waals surface area contributed by atoms with E-state index in [0.29, 0.717) is 5.92 Å². The van der Waals surface area contributed by atoms with Crippen LogP contribution in [0.1, 0.15) is 64.0 Å². The van der Waals surface area contributed by atoms with Gasteiger partial charge in [0.2, 0.25) is 0 Å². The summed E-state index contributed by atoms with van der Waals surface area (Å²) in [6, 6.07) is 0. The molecule has 19 heavy (non-hydrogen) atoms. The predicted molar refractivity (Wildman–Crippen MR) is 81.4 cm³/mol. The van der Waals surface area contributed by atoms with Gasteiger partial charge in [-0.15, -0.1) is 0 Å². The van der Waals surface area contributed by atoms with Crippen LogP contribution >= 0.6 is 0 Å². The molecule has 1 aromatic rings. The first kappa shape index (κ1) is 14.2. The van der Waals surface area contributed by atoms with Gasteiger partial charge in [0.15, 0.2) is 0 Å². The van der Waals surface area contributed by atoms with Gasteiger partial charge in [0.25, 0.3) is 0 Å². The Labute approximate surface area is 116 Å². The smallest absolute Gasteiger partial charge is 0.147 e. The summed E-state index contributed by atoms with van der Waals surface area (Å²) in [6.45, 7) is 5.26. The summed E-state index contributed by atoms with van der Waals surface area (Å²) in [4.78, 5) is 0. The molecule has 0 amide bonds. The summed E-state index contributed by atoms with van der Waals surface area (Å²) >= 11 is 0. The largest absolute Gasteiger partial charge is 0.394 e. The Kier molecular flexibility index (Phi) is 4.72. The summed E-state index contributed by atoms with van der Waals surface area (Å²) in [6.07, 6.45) is 8.31. The highest BCUT2D eigenvalue weighted by Crippen LogP contribution is 2.29. The molecule has 0 radical (unpaired) electrons. The van der Waals surface area contributed by atoms with Crippen LogP contribution in [0.25, 0.3) is 0 Å². The van der Waals surface area contributed by atoms with Crippen LogP contribution in [0.3, 0.4) is 0 Å². The van der Waals surface area contributed by atoms with Crippen molar-refractivity contribution >= 4 is 11.5 Å². The van der Waals surface area contributed by atoms with E-state index in [1.165, 1.54) is 38.5 Å². The van der Waals surface area contributed by atoms with Crippen molar-refractivity contribution in [3.05, 3.63) is 5.69 Å². The van der Waals surface area contributed by atoms with Crippen molar-refractivity contribution in [2.24, 2.45) is 13.0 Å². The van der Waals surface area contributed by atoms with Crippen LogP contribution in [0.5, 0.6) is 0 Å². The van der Waals surface area contributed by atoms with E-state index in [-0.39, 0.29) is 0 Å². The van der Waals surface area contributed by atoms with Crippen LogP contribution in [0, 0.1) is 5.92 Å². The number of hydrogen-bond donors (Lipinski definition) is 2. The molecule has 0 unspecified atom stereocenters. The number of nitrogen functional groups attached to an aromatic ring is 1. The summed E-state index contributed by atoms with van der Waals surface area (Å²) in [5.41, 5.74) is 8.00. The highest BCUT2D eigenvalue weighted by Gasteiger charge is 2.17. The van der Waals surface area contributed by atoms with Gasteiger partial charge in [-0.2, -0.15) is 5.10 Å². The zero-order chi connectivity index (χ0) is 13.8. The highest BCUT2D eigenvalue weighted by molar-refractivity contribution is 5.65. The van der Waals surface area contributed by atoms with E-state index in [1.54, 1.807) is 0 Å². The van der Waals surface area contributed by atoms with E-state index in [1.807, 2.05) is 11.7 Å². The maximum absolute atomic E-state index is 6.18. The molecule has 0 aliphatic heterocycles. The second kappa shape index (κ2) is 6.31. The van der Waals surface area contributed by atoms with E-state index in [0.717, 1.165) is 29.7 Å². The van der Waals surface area contributed by atoms with Crippen molar-refractivity contribution in [3.63, 3.8) is 0 Å². The first-order chi connectivity index (χ1) is 9.09. The normalized spacial score (nSPS) is 17.1. The van der Waals surface area contributed by atoms with Crippen molar-refractivity contribution in [2.45, 2.75) is 58.3 Å². The molecule has 4 nitrogen and oxygen atoms in total. The summed E-state index contributed by atoms with van der Waals surface area (Å²) in [7, 11) is 1.96. The van der Waals surface area contributed by atoms with Gasteiger partial charge < -0.3 is 11.1 Å². The number of nitrogens with two attached hydrogens (primary N) is 1. The highest BCUT2D eigenvalue weighted by atomic mass is 15.3. The Morgan fingerprint density at radius 3 is 2.58 bits per heavy atom. The van der Waals surface area contributed by atoms with Crippen LogP contribution < -0.4 is 11.1 Å². The van der Waals surface area contributed by atoms with E-state index in [2.05, 4.69) is 24.3 Å². The third-order valence-corrected chi connectivity index (χ3v) is 4.23. The molecule has 0 spiro atoms. The average molecular weight is 264 g/mol. The minimum Gasteiger partial charge on any atom is -0.394 e. The zero-order valence-electron chi connectivity index (χ0n) is 12.6. The van der Waals surface area contributed by atoms with Crippen molar-refractivity contribution in [1.29, 1.82) is 0 Å². The fraction of sp³-hybridized carbons (Fsp3) is 0.800. The summed E-state index contributed by atoms with van der Waals surface area (Å²) in [5.74, 6) is 2.26. The molecule has 0 bridgehead atoms. The molecule has 108 valence electrons. The van der Waals surface area contributed by atoms with Crippen LogP contribution in [0.4, 0.5) is 11.5 Å². The van der Waals surface area contributed by atoms with E-state index >= 15 is 0 Å². The molecule has 1 fully saturated rings. The Hall–Kier alpha value is -1.19. The third-order valence-electron chi connectivity index (χ3n) is 4.23. The monoisotopic (exact) mass is 264 g/mol. The fourth-order valence-electron chi connectivity index (χ4n) is 3.07. The first-order valence-corrected chi connectivity index (χ1v) is 7.65. The minimum absolute atomic E-state index is 0.375. The lowest BCUT2D eigenvalue weighted by Crippen LogP contribution is -2.14. The Morgan fingerprint density at radius 1 is 1.32 bits per heavy atom. The van der Waals surface area contributed by atoms with Crippen molar-refractivity contribution < 1.29 is 0 Å². The van der Waals surface area contributed by atoms with E-state index in [4.69, 9.17) is 5.73 Å². The number of nitrogens with zero attached hydrogens (tertiary/aromatic N) is 2. The number of aryl methyl sites for hydroxylation is 1. The van der Waals surface area contributed by atoms with Gasteiger partial charge >= 0.3 is 0 Å². The SMILES string of the molecule is CC(C)c1nn(C)c(NCCC2CCCCC2)c1N. The molecule has 4 heteroatoms. The standard InChI is InChI=1S/C15H28N4/c1-11(2)14-13(16)15(19(3)18-14)17-10-9-12-7-5-4-6-8-12/h11-12,17H,4-10,16H2,1-3H3. The molecule has 0 aromatic carbocycles. The average Bonchev–Trinajstić information content (AvgIpc) is 2.68. The van der Waals surface area contributed by atoms with E-state index < -0.39 is 0 Å². The van der Waals surface area contributed by atoms with Crippen LogP contribution in [0.15, 0.2) is 0 Å². The molecular weight excluding hydrogens is 236 g/mol. The molecule has 1 aliphatic rings. The van der Waals surface area contributed by atoms with Gasteiger partial charge in [-0.3, -0.25) is 4.68 Å². The molecule has 0 atom stereocenters. The number of rotatable bonds is 5. The van der Waals surface area contributed by atoms with Gasteiger partial charge in [0.1, 0.15) is 5.82 Å². The molecule has 2 rings (SSSR count). The zero-order valence-corrected chi connectivity index (χ0v) is 12.6. The Morgan fingerprint density at radius 2 is 2.00 bits per heavy atom. The molecule has 1 saturated carbocycles. The predicted octanol–water partition coefficient (Wildman–Crippen LogP) is 3.51. The minimum atomic E-state index is 0.375. The fourth-order valence-corrected chi connectivity index (χ4v) is 3.07. The second-order valence-electron chi connectivity index (χ2n) is 6.15. The lowest BCUT2D eigenvalue weighted by atomic mass is 9.87. The van der Waals surface area contributed by atoms with Crippen LogP contribution in [0.2, 0.25) is 0 Å². The summed E-state index contributed by atoms with van der Waals surface area (Å²) in [5, 5.41) is 7.98. The van der Waals surface area contributed by atoms with Gasteiger partial charge in [-0.05, 0) is 18.3 Å². The van der Waals surface area contributed by atoms with Gasteiger partial charge in [-0.25, -0.2) is 0 Å². The number of anilines is 2. The quantitative estimate of drug-likeness (QED) is 0.855. The number of hydrogen-bond acceptors (Lipinski definition) is 3. The summed E-state index contributed by atoms with van der Waals surface area (Å²) < 4.78 is 1.88. The van der Waals surface area contributed by atoms with E-state index in [9.17, 15) is 0 Å². The Balaban J connectivity index is 1.88. The molecule has 3 N–H and O–H groups in total. The molecule has 1 aromatic heterocycles. The number of aromatic nitrogens is 2. The van der Waals surface area contributed by atoms with Crippen LogP contribution in [-0.2, 0) is 7.05 Å². The van der Waals surface area contributed by atoms with Crippen molar-refractivity contribution in [3.8, 4) is 0 Å². The van der Waals surface area contributed by atoms with Gasteiger partial charge in [0.05, 0.1) is 11.4 Å². The lowest BCUT2D eigenvalue weighted by Gasteiger charge is -2.21. The van der Waals surface area contributed by atoms with Crippen molar-refractivity contribution in [1.82, 2.24) is 9.78 Å². The first-order valence-electron chi connectivity index (χ1n) is 7.65.